The molecule has 84 valence electrons. The van der Waals surface area contributed by atoms with E-state index in [-0.39, 0.29) is 12.6 Å². The predicted molar refractivity (Wildman–Crippen MR) is 46.2 cm³/mol. The smallest absolute Gasteiger partial charge is 0.433 e. The van der Waals surface area contributed by atoms with E-state index in [9.17, 15) is 13.2 Å². The van der Waals surface area contributed by atoms with Gasteiger partial charge in [-0.1, -0.05) is 0 Å². The van der Waals surface area contributed by atoms with Crippen LogP contribution in [0.5, 0.6) is 6.01 Å². The first-order valence-corrected chi connectivity index (χ1v) is 4.27. The zero-order valence-electron chi connectivity index (χ0n) is 7.79. The van der Waals surface area contributed by atoms with Crippen LogP contribution in [0.25, 0.3) is 0 Å². The van der Waals surface area contributed by atoms with Gasteiger partial charge in [-0.2, -0.15) is 18.2 Å². The molecule has 1 aromatic rings. The van der Waals surface area contributed by atoms with Gasteiger partial charge in [-0.15, -0.1) is 0 Å². The fraction of sp³-hybridized carbons (Fsp3) is 0.500. The first-order chi connectivity index (χ1) is 7.04. The molecule has 0 atom stereocenters. The van der Waals surface area contributed by atoms with Crippen molar-refractivity contribution in [3.63, 3.8) is 0 Å². The minimum atomic E-state index is -4.48. The maximum absolute atomic E-state index is 12.2. The number of rotatable bonds is 4. The first kappa shape index (κ1) is 11.7. The van der Waals surface area contributed by atoms with Gasteiger partial charge in [0.15, 0.2) is 5.69 Å². The zero-order valence-corrected chi connectivity index (χ0v) is 7.79. The number of hydrogen-bond donors (Lipinski definition) is 1. The summed E-state index contributed by atoms with van der Waals surface area (Å²) in [6.45, 7) is 0.608. The van der Waals surface area contributed by atoms with Gasteiger partial charge >= 0.3 is 12.2 Å². The molecule has 0 fully saturated rings. The van der Waals surface area contributed by atoms with Gasteiger partial charge in [-0.05, 0) is 19.0 Å². The third kappa shape index (κ3) is 3.70. The third-order valence-electron chi connectivity index (χ3n) is 1.50. The van der Waals surface area contributed by atoms with Crippen LogP contribution in [0.2, 0.25) is 0 Å². The molecular weight excluding hydrogens is 211 g/mol. The summed E-state index contributed by atoms with van der Waals surface area (Å²) in [6, 6.07) is 0.508. The highest BCUT2D eigenvalue weighted by Gasteiger charge is 2.32. The molecule has 0 aliphatic heterocycles. The minimum absolute atomic E-state index is 0.206. The quantitative estimate of drug-likeness (QED) is 0.776. The largest absolute Gasteiger partial charge is 0.463 e. The summed E-state index contributed by atoms with van der Waals surface area (Å²) in [5.74, 6) is 0. The SMILES string of the molecule is NCCCOc1nccc(C(F)(F)F)n1. The maximum atomic E-state index is 12.2. The van der Waals surface area contributed by atoms with E-state index in [0.717, 1.165) is 12.3 Å². The number of hydrogen-bond acceptors (Lipinski definition) is 4. The Morgan fingerprint density at radius 2 is 2.13 bits per heavy atom. The summed E-state index contributed by atoms with van der Waals surface area (Å²) in [5, 5.41) is 0. The fourth-order valence-corrected chi connectivity index (χ4v) is 0.815. The molecule has 0 saturated carbocycles. The Morgan fingerprint density at radius 3 is 2.73 bits per heavy atom. The van der Waals surface area contributed by atoms with Gasteiger partial charge in [0.25, 0.3) is 0 Å². The molecule has 1 rings (SSSR count). The predicted octanol–water partition coefficient (Wildman–Crippen LogP) is 1.22. The van der Waals surface area contributed by atoms with Crippen molar-refractivity contribution in [2.75, 3.05) is 13.2 Å². The van der Waals surface area contributed by atoms with Crippen molar-refractivity contribution in [3.05, 3.63) is 18.0 Å². The van der Waals surface area contributed by atoms with Crippen LogP contribution in [-0.2, 0) is 6.18 Å². The third-order valence-corrected chi connectivity index (χ3v) is 1.50. The normalized spacial score (nSPS) is 11.5. The summed E-state index contributed by atoms with van der Waals surface area (Å²) in [6.07, 6.45) is -2.93. The van der Waals surface area contributed by atoms with Gasteiger partial charge in [-0.25, -0.2) is 4.98 Å². The Kier molecular flexibility index (Phi) is 3.84. The maximum Gasteiger partial charge on any atom is 0.433 e. The second kappa shape index (κ2) is 4.92. The Hall–Kier alpha value is -1.37. The molecule has 2 N–H and O–H groups in total. The van der Waals surface area contributed by atoms with Gasteiger partial charge < -0.3 is 10.5 Å². The average Bonchev–Trinajstić information content (AvgIpc) is 2.17. The molecule has 0 bridgehead atoms. The number of nitrogens with two attached hydrogens (primary N) is 1. The molecule has 0 aliphatic carbocycles. The molecule has 0 aromatic carbocycles. The van der Waals surface area contributed by atoms with Crippen molar-refractivity contribution < 1.29 is 17.9 Å². The van der Waals surface area contributed by atoms with Crippen LogP contribution in [0.4, 0.5) is 13.2 Å². The molecule has 7 heteroatoms. The van der Waals surface area contributed by atoms with Crippen LogP contribution in [0.1, 0.15) is 12.1 Å². The molecule has 1 heterocycles. The van der Waals surface area contributed by atoms with E-state index in [0.29, 0.717) is 13.0 Å². The molecule has 0 spiro atoms. The number of alkyl halides is 3. The Morgan fingerprint density at radius 1 is 1.40 bits per heavy atom. The molecule has 15 heavy (non-hydrogen) atoms. The highest BCUT2D eigenvalue weighted by atomic mass is 19.4. The number of halogens is 3. The van der Waals surface area contributed by atoms with Crippen LogP contribution in [-0.4, -0.2) is 23.1 Å². The van der Waals surface area contributed by atoms with Gasteiger partial charge in [0.2, 0.25) is 0 Å². The highest BCUT2D eigenvalue weighted by molar-refractivity contribution is 5.08. The second-order valence-corrected chi connectivity index (χ2v) is 2.71. The summed E-state index contributed by atoms with van der Waals surface area (Å²) < 4.78 is 41.5. The zero-order chi connectivity index (χ0) is 11.3. The molecule has 0 aliphatic rings. The van der Waals surface area contributed by atoms with Gasteiger partial charge in [0.1, 0.15) is 0 Å². The number of aromatic nitrogens is 2. The van der Waals surface area contributed by atoms with Crippen LogP contribution in [0.15, 0.2) is 12.3 Å². The van der Waals surface area contributed by atoms with Crippen molar-refractivity contribution in [1.29, 1.82) is 0 Å². The Balaban J connectivity index is 2.66. The van der Waals surface area contributed by atoms with E-state index >= 15 is 0 Å². The molecule has 0 unspecified atom stereocenters. The van der Waals surface area contributed by atoms with Crippen molar-refractivity contribution in [2.45, 2.75) is 12.6 Å². The van der Waals surface area contributed by atoms with Gasteiger partial charge in [0, 0.05) is 6.20 Å². The van der Waals surface area contributed by atoms with Crippen molar-refractivity contribution in [3.8, 4) is 6.01 Å². The molecule has 1 aromatic heterocycles. The summed E-state index contributed by atoms with van der Waals surface area (Å²) >= 11 is 0. The average molecular weight is 221 g/mol. The monoisotopic (exact) mass is 221 g/mol. The summed E-state index contributed by atoms with van der Waals surface area (Å²) in [5.41, 5.74) is 4.18. The van der Waals surface area contributed by atoms with Crippen LogP contribution in [0, 0.1) is 0 Å². The van der Waals surface area contributed by atoms with E-state index in [1.165, 1.54) is 0 Å². The standard InChI is InChI=1S/C8H10F3N3O/c9-8(10,11)6-2-4-13-7(14-6)15-5-1-3-12/h2,4H,1,3,5,12H2. The fourth-order valence-electron chi connectivity index (χ4n) is 0.815. The van der Waals surface area contributed by atoms with E-state index in [2.05, 4.69) is 9.97 Å². The topological polar surface area (TPSA) is 61.0 Å². The van der Waals surface area contributed by atoms with E-state index in [4.69, 9.17) is 10.5 Å². The van der Waals surface area contributed by atoms with Crippen LogP contribution in [0.3, 0.4) is 0 Å². The molecule has 0 saturated heterocycles. The summed E-state index contributed by atoms with van der Waals surface area (Å²) in [7, 11) is 0. The molecule has 4 nitrogen and oxygen atoms in total. The lowest BCUT2D eigenvalue weighted by Gasteiger charge is -2.07. The van der Waals surface area contributed by atoms with Crippen molar-refractivity contribution in [2.24, 2.45) is 5.73 Å². The minimum Gasteiger partial charge on any atom is -0.463 e. The van der Waals surface area contributed by atoms with E-state index in [1.54, 1.807) is 0 Å². The van der Waals surface area contributed by atoms with Gasteiger partial charge in [0.05, 0.1) is 6.61 Å². The molecule has 0 radical (unpaired) electrons. The van der Waals surface area contributed by atoms with E-state index in [1.807, 2.05) is 0 Å². The number of nitrogens with zero attached hydrogens (tertiary/aromatic N) is 2. The highest BCUT2D eigenvalue weighted by Crippen LogP contribution is 2.27. The lowest BCUT2D eigenvalue weighted by molar-refractivity contribution is -0.141. The summed E-state index contributed by atoms with van der Waals surface area (Å²) in [4.78, 5) is 6.77. The Labute approximate surface area is 84.3 Å². The van der Waals surface area contributed by atoms with Crippen molar-refractivity contribution in [1.82, 2.24) is 9.97 Å². The van der Waals surface area contributed by atoms with Gasteiger partial charge in [-0.3, -0.25) is 0 Å². The van der Waals surface area contributed by atoms with Crippen molar-refractivity contribution >= 4 is 0 Å². The molecule has 0 amide bonds. The lowest BCUT2D eigenvalue weighted by Crippen LogP contribution is -2.11. The van der Waals surface area contributed by atoms with Crippen LogP contribution < -0.4 is 10.5 Å². The first-order valence-electron chi connectivity index (χ1n) is 4.27. The molecular formula is C8H10F3N3O. The number of ether oxygens (including phenoxy) is 1. The second-order valence-electron chi connectivity index (χ2n) is 2.71. The van der Waals surface area contributed by atoms with E-state index < -0.39 is 11.9 Å². The Bertz CT molecular complexity index is 316. The van der Waals surface area contributed by atoms with Crippen LogP contribution >= 0.6 is 0 Å². The lowest BCUT2D eigenvalue weighted by atomic mass is 10.4.